The number of amides is 2. The summed E-state index contributed by atoms with van der Waals surface area (Å²) in [4.78, 5) is 26.5. The van der Waals surface area contributed by atoms with Crippen molar-refractivity contribution in [2.75, 3.05) is 10.2 Å². The lowest BCUT2D eigenvalue weighted by Gasteiger charge is -2.18. The minimum Gasteiger partial charge on any atom is -0.373 e. The van der Waals surface area contributed by atoms with Crippen LogP contribution < -0.4 is 10.2 Å². The summed E-state index contributed by atoms with van der Waals surface area (Å²) in [5, 5.41) is 3.19. The Morgan fingerprint density at radius 3 is 2.46 bits per heavy atom. The highest BCUT2D eigenvalue weighted by atomic mass is 16.2. The van der Waals surface area contributed by atoms with Gasteiger partial charge < -0.3 is 5.32 Å². The normalized spacial score (nSPS) is 17.5. The maximum atomic E-state index is 12.7. The largest absolute Gasteiger partial charge is 0.373 e. The number of benzene rings is 2. The minimum atomic E-state index is -0.509. The van der Waals surface area contributed by atoms with Crippen LogP contribution in [-0.2, 0) is 16.0 Å². The highest BCUT2D eigenvalue weighted by Gasteiger charge is 2.40. The first kappa shape index (κ1) is 16.2. The zero-order chi connectivity index (χ0) is 17.3. The molecular formula is C20H22N2O2. The quantitative estimate of drug-likeness (QED) is 0.875. The van der Waals surface area contributed by atoms with Gasteiger partial charge >= 0.3 is 0 Å². The SMILES string of the molecule is CCc1ccc(N[C@H]2CC(=O)N(c3cc(C)ccc3C)C2=O)cc1. The van der Waals surface area contributed by atoms with E-state index in [4.69, 9.17) is 0 Å². The third-order valence-electron chi connectivity index (χ3n) is 4.46. The van der Waals surface area contributed by atoms with Gasteiger partial charge in [0.05, 0.1) is 12.1 Å². The summed E-state index contributed by atoms with van der Waals surface area (Å²) in [5.74, 6) is -0.343. The fourth-order valence-electron chi connectivity index (χ4n) is 3.00. The van der Waals surface area contributed by atoms with Gasteiger partial charge in [0.25, 0.3) is 5.91 Å². The highest BCUT2D eigenvalue weighted by molar-refractivity contribution is 6.23. The summed E-state index contributed by atoms with van der Waals surface area (Å²) in [7, 11) is 0. The summed E-state index contributed by atoms with van der Waals surface area (Å²) in [6.07, 6.45) is 1.16. The Morgan fingerprint density at radius 1 is 1.08 bits per heavy atom. The summed E-state index contributed by atoms with van der Waals surface area (Å²) >= 11 is 0. The molecule has 1 aliphatic rings. The first-order chi connectivity index (χ1) is 11.5. The number of nitrogens with zero attached hydrogens (tertiary/aromatic N) is 1. The molecule has 1 atom stereocenters. The van der Waals surface area contributed by atoms with Crippen LogP contribution in [0.5, 0.6) is 0 Å². The van der Waals surface area contributed by atoms with Crippen LogP contribution in [0.4, 0.5) is 11.4 Å². The molecule has 1 heterocycles. The molecule has 0 saturated carbocycles. The van der Waals surface area contributed by atoms with E-state index in [0.717, 1.165) is 23.2 Å². The topological polar surface area (TPSA) is 49.4 Å². The molecule has 3 rings (SSSR count). The Hall–Kier alpha value is -2.62. The Balaban J connectivity index is 1.82. The van der Waals surface area contributed by atoms with Crippen molar-refractivity contribution in [3.63, 3.8) is 0 Å². The standard InChI is InChI=1S/C20H22N2O2/c1-4-15-7-9-16(10-8-15)21-17-12-19(23)22(20(17)24)18-11-13(2)5-6-14(18)3/h5-11,17,21H,4,12H2,1-3H3/t17-/m0/s1. The van der Waals surface area contributed by atoms with Crippen LogP contribution in [0.25, 0.3) is 0 Å². The second kappa shape index (κ2) is 6.48. The molecule has 2 amide bonds. The minimum absolute atomic E-state index is 0.156. The number of hydrogen-bond acceptors (Lipinski definition) is 3. The van der Waals surface area contributed by atoms with Crippen molar-refractivity contribution in [2.45, 2.75) is 39.7 Å². The summed E-state index contributed by atoms with van der Waals surface area (Å²) < 4.78 is 0. The Kier molecular flexibility index (Phi) is 4.38. The molecular weight excluding hydrogens is 300 g/mol. The lowest BCUT2D eigenvalue weighted by molar-refractivity contribution is -0.121. The van der Waals surface area contributed by atoms with Crippen LogP contribution in [0.15, 0.2) is 42.5 Å². The van der Waals surface area contributed by atoms with E-state index in [-0.39, 0.29) is 18.2 Å². The van der Waals surface area contributed by atoms with Crippen molar-refractivity contribution in [3.05, 3.63) is 59.2 Å². The van der Waals surface area contributed by atoms with E-state index < -0.39 is 6.04 Å². The summed E-state index contributed by atoms with van der Waals surface area (Å²) in [6.45, 7) is 5.97. The van der Waals surface area contributed by atoms with E-state index in [2.05, 4.69) is 12.2 Å². The molecule has 24 heavy (non-hydrogen) atoms. The first-order valence-corrected chi connectivity index (χ1v) is 8.29. The zero-order valence-electron chi connectivity index (χ0n) is 14.3. The molecule has 4 heteroatoms. The number of nitrogens with one attached hydrogen (secondary N) is 1. The van der Waals surface area contributed by atoms with E-state index in [1.54, 1.807) is 0 Å². The van der Waals surface area contributed by atoms with Crippen LogP contribution in [0.2, 0.25) is 0 Å². The van der Waals surface area contributed by atoms with Gasteiger partial charge in [-0.2, -0.15) is 0 Å². The summed E-state index contributed by atoms with van der Waals surface area (Å²) in [6, 6.07) is 13.3. The predicted octanol–water partition coefficient (Wildman–Crippen LogP) is 3.61. The van der Waals surface area contributed by atoms with Crippen LogP contribution in [0.1, 0.15) is 30.0 Å². The van der Waals surface area contributed by atoms with Gasteiger partial charge in [0.1, 0.15) is 6.04 Å². The number of carbonyl (C=O) groups is 2. The van der Waals surface area contributed by atoms with Gasteiger partial charge in [-0.15, -0.1) is 0 Å². The van der Waals surface area contributed by atoms with Crippen molar-refractivity contribution < 1.29 is 9.59 Å². The molecule has 0 aliphatic carbocycles. The number of hydrogen-bond donors (Lipinski definition) is 1. The van der Waals surface area contributed by atoms with Crippen LogP contribution >= 0.6 is 0 Å². The molecule has 2 aromatic rings. The Labute approximate surface area is 142 Å². The second-order valence-electron chi connectivity index (χ2n) is 6.31. The van der Waals surface area contributed by atoms with Crippen LogP contribution in [-0.4, -0.2) is 17.9 Å². The number of aryl methyl sites for hydroxylation is 3. The van der Waals surface area contributed by atoms with Crippen LogP contribution in [0, 0.1) is 13.8 Å². The van der Waals surface area contributed by atoms with Gasteiger partial charge in [-0.1, -0.05) is 31.2 Å². The fraction of sp³-hybridized carbons (Fsp3) is 0.300. The number of anilines is 2. The molecule has 0 bridgehead atoms. The molecule has 4 nitrogen and oxygen atoms in total. The van der Waals surface area contributed by atoms with Gasteiger partial charge in [-0.05, 0) is 55.2 Å². The maximum Gasteiger partial charge on any atom is 0.256 e. The van der Waals surface area contributed by atoms with Gasteiger partial charge in [-0.25, -0.2) is 4.90 Å². The molecule has 2 aromatic carbocycles. The second-order valence-corrected chi connectivity index (χ2v) is 6.31. The predicted molar refractivity (Wildman–Crippen MR) is 96.3 cm³/mol. The Bertz CT molecular complexity index is 781. The van der Waals surface area contributed by atoms with Gasteiger partial charge in [-0.3, -0.25) is 9.59 Å². The number of imide groups is 1. The third kappa shape index (κ3) is 3.04. The van der Waals surface area contributed by atoms with Crippen molar-refractivity contribution in [2.24, 2.45) is 0 Å². The molecule has 0 radical (unpaired) electrons. The number of rotatable bonds is 4. The molecule has 1 aliphatic heterocycles. The van der Waals surface area contributed by atoms with Crippen molar-refractivity contribution >= 4 is 23.2 Å². The van der Waals surface area contributed by atoms with Gasteiger partial charge in [0, 0.05) is 5.69 Å². The van der Waals surface area contributed by atoms with Crippen LogP contribution in [0.3, 0.4) is 0 Å². The highest BCUT2D eigenvalue weighted by Crippen LogP contribution is 2.28. The molecule has 1 fully saturated rings. The number of carbonyl (C=O) groups excluding carboxylic acids is 2. The molecule has 124 valence electrons. The fourth-order valence-corrected chi connectivity index (χ4v) is 3.00. The monoisotopic (exact) mass is 322 g/mol. The molecule has 1 saturated heterocycles. The van der Waals surface area contributed by atoms with E-state index in [1.807, 2.05) is 56.3 Å². The van der Waals surface area contributed by atoms with E-state index in [0.29, 0.717) is 5.69 Å². The zero-order valence-corrected chi connectivity index (χ0v) is 14.3. The Morgan fingerprint density at radius 2 is 1.79 bits per heavy atom. The smallest absolute Gasteiger partial charge is 0.256 e. The first-order valence-electron chi connectivity index (χ1n) is 8.29. The third-order valence-corrected chi connectivity index (χ3v) is 4.46. The van der Waals surface area contributed by atoms with Gasteiger partial charge in [0.15, 0.2) is 0 Å². The lowest BCUT2D eigenvalue weighted by atomic mass is 10.1. The van der Waals surface area contributed by atoms with E-state index in [1.165, 1.54) is 10.5 Å². The molecule has 1 N–H and O–H groups in total. The molecule has 0 aromatic heterocycles. The summed E-state index contributed by atoms with van der Waals surface area (Å²) in [5.41, 5.74) is 4.75. The van der Waals surface area contributed by atoms with Crippen molar-refractivity contribution in [3.8, 4) is 0 Å². The van der Waals surface area contributed by atoms with E-state index in [9.17, 15) is 9.59 Å². The maximum absolute atomic E-state index is 12.7. The molecule has 0 spiro atoms. The van der Waals surface area contributed by atoms with Crippen molar-refractivity contribution in [1.82, 2.24) is 0 Å². The average Bonchev–Trinajstić information content (AvgIpc) is 2.84. The lowest BCUT2D eigenvalue weighted by Crippen LogP contribution is -2.35. The van der Waals surface area contributed by atoms with Crippen molar-refractivity contribution in [1.29, 1.82) is 0 Å². The average molecular weight is 322 g/mol. The van der Waals surface area contributed by atoms with E-state index >= 15 is 0 Å². The van der Waals surface area contributed by atoms with Gasteiger partial charge in [0.2, 0.25) is 5.91 Å². The molecule has 0 unspecified atom stereocenters.